The van der Waals surface area contributed by atoms with Gasteiger partial charge in [-0.05, 0) is 19.9 Å². The first-order valence-corrected chi connectivity index (χ1v) is 7.40. The highest BCUT2D eigenvalue weighted by Crippen LogP contribution is 2.17. The Morgan fingerprint density at radius 2 is 1.86 bits per heavy atom. The largest absolute Gasteiger partial charge is 0.481 e. The fraction of sp³-hybridized carbons (Fsp3) is 0.786. The molecule has 21 heavy (non-hydrogen) atoms. The van der Waals surface area contributed by atoms with Gasteiger partial charge in [0.15, 0.2) is 0 Å². The Balaban J connectivity index is 2.25. The topological polar surface area (TPSA) is 98.7 Å². The van der Waals surface area contributed by atoms with E-state index in [-0.39, 0.29) is 19.1 Å². The summed E-state index contributed by atoms with van der Waals surface area (Å²) < 4.78 is 0. The van der Waals surface area contributed by atoms with Crippen LogP contribution in [-0.2, 0) is 9.59 Å². The van der Waals surface area contributed by atoms with Crippen LogP contribution in [0.25, 0.3) is 0 Å². The molecule has 0 heterocycles. The molecule has 0 aromatic heterocycles. The maximum atomic E-state index is 11.7. The molecule has 3 N–H and O–H groups in total. The predicted molar refractivity (Wildman–Crippen MR) is 77.8 cm³/mol. The Hall–Kier alpha value is -1.63. The van der Waals surface area contributed by atoms with Crippen LogP contribution < -0.4 is 10.6 Å². The zero-order valence-electron chi connectivity index (χ0n) is 12.7. The summed E-state index contributed by atoms with van der Waals surface area (Å²) in [5, 5.41) is 13.9. The van der Waals surface area contributed by atoms with Crippen LogP contribution in [0.1, 0.15) is 39.0 Å². The zero-order valence-corrected chi connectivity index (χ0v) is 12.7. The van der Waals surface area contributed by atoms with Gasteiger partial charge in [-0.25, -0.2) is 4.79 Å². The molecule has 0 bridgehead atoms. The van der Waals surface area contributed by atoms with Crippen LogP contribution in [0.3, 0.4) is 0 Å². The molecular formula is C14H25N3O4. The first-order valence-electron chi connectivity index (χ1n) is 7.40. The highest BCUT2D eigenvalue weighted by Gasteiger charge is 2.19. The fourth-order valence-corrected chi connectivity index (χ4v) is 2.49. The van der Waals surface area contributed by atoms with Gasteiger partial charge in [-0.15, -0.1) is 0 Å². The van der Waals surface area contributed by atoms with Crippen molar-refractivity contribution in [2.45, 2.75) is 45.1 Å². The van der Waals surface area contributed by atoms with Gasteiger partial charge >= 0.3 is 12.0 Å². The van der Waals surface area contributed by atoms with Crippen molar-refractivity contribution in [2.24, 2.45) is 5.92 Å². The predicted octanol–water partition coefficient (Wildman–Crippen LogP) is 0.797. The molecular weight excluding hydrogens is 274 g/mol. The smallest absolute Gasteiger partial charge is 0.321 e. The zero-order chi connectivity index (χ0) is 15.8. The molecule has 0 aromatic carbocycles. The first-order chi connectivity index (χ1) is 9.88. The number of carbonyl (C=O) groups is 3. The standard InChI is InChI=1S/C14H25N3O4/c1-10(13(19)20)8-17(2)9-12(18)16-14(21)15-11-6-4-3-5-7-11/h10-11H,3-9H2,1-2H3,(H,19,20)(H2,15,16,18,21). The molecule has 1 atom stereocenters. The molecule has 1 fully saturated rings. The van der Waals surface area contributed by atoms with E-state index in [9.17, 15) is 14.4 Å². The Kier molecular flexibility index (Phi) is 7.14. The molecule has 1 aliphatic rings. The number of nitrogens with one attached hydrogen (secondary N) is 2. The van der Waals surface area contributed by atoms with E-state index in [1.165, 1.54) is 6.42 Å². The summed E-state index contributed by atoms with van der Waals surface area (Å²) in [5.74, 6) is -1.89. The van der Waals surface area contributed by atoms with Crippen molar-refractivity contribution < 1.29 is 19.5 Å². The number of imide groups is 1. The SMILES string of the molecule is CC(CN(C)CC(=O)NC(=O)NC1CCCCC1)C(=O)O. The first kappa shape index (κ1) is 17.4. The number of amides is 3. The number of urea groups is 1. The lowest BCUT2D eigenvalue weighted by molar-refractivity contribution is -0.142. The number of carboxylic acid groups (broad SMARTS) is 1. The van der Waals surface area contributed by atoms with Gasteiger partial charge < -0.3 is 10.4 Å². The van der Waals surface area contributed by atoms with Crippen LogP contribution in [-0.4, -0.2) is 54.1 Å². The molecule has 7 nitrogen and oxygen atoms in total. The molecule has 0 aromatic rings. The van der Waals surface area contributed by atoms with E-state index in [1.807, 2.05) is 0 Å². The number of likely N-dealkylation sites (N-methyl/N-ethyl adjacent to an activating group) is 1. The highest BCUT2D eigenvalue weighted by molar-refractivity contribution is 5.95. The average molecular weight is 299 g/mol. The normalized spacial score (nSPS) is 17.3. The summed E-state index contributed by atoms with van der Waals surface area (Å²) in [6.07, 6.45) is 5.32. The minimum atomic E-state index is -0.905. The van der Waals surface area contributed by atoms with Crippen molar-refractivity contribution >= 4 is 17.9 Å². The van der Waals surface area contributed by atoms with Crippen molar-refractivity contribution in [3.8, 4) is 0 Å². The second-order valence-corrected chi connectivity index (χ2v) is 5.79. The van der Waals surface area contributed by atoms with Crippen LogP contribution in [0, 0.1) is 5.92 Å². The van der Waals surface area contributed by atoms with E-state index in [4.69, 9.17) is 5.11 Å². The summed E-state index contributed by atoms with van der Waals surface area (Å²) >= 11 is 0. The molecule has 3 amide bonds. The number of carboxylic acids is 1. The number of carbonyl (C=O) groups excluding carboxylic acids is 2. The van der Waals surface area contributed by atoms with Gasteiger partial charge in [-0.2, -0.15) is 0 Å². The summed E-state index contributed by atoms with van der Waals surface area (Å²) in [5.41, 5.74) is 0. The molecule has 0 radical (unpaired) electrons. The lowest BCUT2D eigenvalue weighted by atomic mass is 9.96. The van der Waals surface area contributed by atoms with Crippen LogP contribution in [0.5, 0.6) is 0 Å². The summed E-state index contributed by atoms with van der Waals surface area (Å²) in [6, 6.07) is -0.317. The maximum Gasteiger partial charge on any atom is 0.321 e. The van der Waals surface area contributed by atoms with Gasteiger partial charge in [0.25, 0.3) is 0 Å². The molecule has 7 heteroatoms. The third-order valence-corrected chi connectivity index (χ3v) is 3.61. The Morgan fingerprint density at radius 3 is 2.43 bits per heavy atom. The van der Waals surface area contributed by atoms with Crippen LogP contribution >= 0.6 is 0 Å². The number of aliphatic carboxylic acids is 1. The second-order valence-electron chi connectivity index (χ2n) is 5.79. The quantitative estimate of drug-likeness (QED) is 0.674. The molecule has 120 valence electrons. The van der Waals surface area contributed by atoms with Crippen LogP contribution in [0.15, 0.2) is 0 Å². The highest BCUT2D eigenvalue weighted by atomic mass is 16.4. The van der Waals surface area contributed by atoms with E-state index in [0.29, 0.717) is 0 Å². The lowest BCUT2D eigenvalue weighted by Gasteiger charge is -2.23. The monoisotopic (exact) mass is 299 g/mol. The van der Waals surface area contributed by atoms with E-state index < -0.39 is 23.8 Å². The van der Waals surface area contributed by atoms with Gasteiger partial charge in [0.1, 0.15) is 0 Å². The molecule has 1 aliphatic carbocycles. The minimum Gasteiger partial charge on any atom is -0.481 e. The summed E-state index contributed by atoms with van der Waals surface area (Å²) in [6.45, 7) is 1.83. The maximum absolute atomic E-state index is 11.7. The Bertz CT molecular complexity index is 380. The summed E-state index contributed by atoms with van der Waals surface area (Å²) in [4.78, 5) is 35.7. The minimum absolute atomic E-state index is 0.00426. The third kappa shape index (κ3) is 7.08. The van der Waals surface area contributed by atoms with Gasteiger partial charge in [0, 0.05) is 12.6 Å². The molecule has 1 rings (SSSR count). The van der Waals surface area contributed by atoms with Crippen molar-refractivity contribution in [2.75, 3.05) is 20.1 Å². The van der Waals surface area contributed by atoms with Crippen LogP contribution in [0.2, 0.25) is 0 Å². The molecule has 1 saturated carbocycles. The van der Waals surface area contributed by atoms with E-state index in [0.717, 1.165) is 25.7 Å². The van der Waals surface area contributed by atoms with Crippen LogP contribution in [0.4, 0.5) is 4.79 Å². The molecule has 0 aliphatic heterocycles. The van der Waals surface area contributed by atoms with Gasteiger partial charge in [-0.1, -0.05) is 26.2 Å². The lowest BCUT2D eigenvalue weighted by Crippen LogP contribution is -2.48. The second kappa shape index (κ2) is 8.61. The number of hydrogen-bond acceptors (Lipinski definition) is 4. The van der Waals surface area contributed by atoms with Gasteiger partial charge in [-0.3, -0.25) is 19.8 Å². The number of hydrogen-bond donors (Lipinski definition) is 3. The molecule has 1 unspecified atom stereocenters. The molecule has 0 saturated heterocycles. The fourth-order valence-electron chi connectivity index (χ4n) is 2.49. The van der Waals surface area contributed by atoms with Gasteiger partial charge in [0.2, 0.25) is 5.91 Å². The van der Waals surface area contributed by atoms with Crippen molar-refractivity contribution in [3.63, 3.8) is 0 Å². The average Bonchev–Trinajstić information content (AvgIpc) is 2.38. The van der Waals surface area contributed by atoms with Crippen molar-refractivity contribution in [1.29, 1.82) is 0 Å². The Morgan fingerprint density at radius 1 is 1.24 bits per heavy atom. The van der Waals surface area contributed by atoms with E-state index in [2.05, 4.69) is 10.6 Å². The number of rotatable bonds is 6. The Labute approximate surface area is 125 Å². The third-order valence-electron chi connectivity index (χ3n) is 3.61. The number of nitrogens with zero attached hydrogens (tertiary/aromatic N) is 1. The molecule has 0 spiro atoms. The van der Waals surface area contributed by atoms with E-state index in [1.54, 1.807) is 18.9 Å². The van der Waals surface area contributed by atoms with Gasteiger partial charge in [0.05, 0.1) is 12.5 Å². The van der Waals surface area contributed by atoms with Crippen molar-refractivity contribution in [3.05, 3.63) is 0 Å². The van der Waals surface area contributed by atoms with E-state index >= 15 is 0 Å². The summed E-state index contributed by atoms with van der Waals surface area (Å²) in [7, 11) is 1.65. The van der Waals surface area contributed by atoms with Crippen molar-refractivity contribution in [1.82, 2.24) is 15.5 Å².